The predicted molar refractivity (Wildman–Crippen MR) is 75.9 cm³/mol. The third kappa shape index (κ3) is 3.63. The van der Waals surface area contributed by atoms with Gasteiger partial charge in [-0.05, 0) is 31.2 Å². The van der Waals surface area contributed by atoms with Crippen molar-refractivity contribution in [1.82, 2.24) is 5.32 Å². The molecular weight excluding hydrogens is 350 g/mol. The van der Waals surface area contributed by atoms with E-state index in [2.05, 4.69) is 21.2 Å². The smallest absolute Gasteiger partial charge is 0.133 e. The first-order chi connectivity index (χ1) is 9.92. The van der Waals surface area contributed by atoms with Crippen molar-refractivity contribution < 1.29 is 17.6 Å². The highest BCUT2D eigenvalue weighted by Crippen LogP contribution is 2.28. The highest BCUT2D eigenvalue weighted by Gasteiger charge is 2.21. The zero-order chi connectivity index (χ0) is 15.6. The van der Waals surface area contributed by atoms with Crippen LogP contribution < -0.4 is 5.32 Å². The van der Waals surface area contributed by atoms with Gasteiger partial charge in [-0.2, -0.15) is 0 Å². The van der Waals surface area contributed by atoms with Gasteiger partial charge >= 0.3 is 0 Å². The fourth-order valence-electron chi connectivity index (χ4n) is 2.14. The summed E-state index contributed by atoms with van der Waals surface area (Å²) >= 11 is 3.21. The molecule has 1 nitrogen and oxygen atoms in total. The molecule has 0 spiro atoms. The molecule has 2 aromatic carbocycles. The van der Waals surface area contributed by atoms with Crippen LogP contribution in [0.2, 0.25) is 0 Å². The van der Waals surface area contributed by atoms with Crippen molar-refractivity contribution >= 4 is 15.9 Å². The molecule has 0 bridgehead atoms. The molecule has 1 atom stereocenters. The minimum absolute atomic E-state index is 0.219. The van der Waals surface area contributed by atoms with E-state index in [1.807, 2.05) is 0 Å². The Bertz CT molecular complexity index is 637. The van der Waals surface area contributed by atoms with Crippen molar-refractivity contribution in [2.75, 3.05) is 7.05 Å². The zero-order valence-corrected chi connectivity index (χ0v) is 12.6. The molecule has 0 radical (unpaired) electrons. The molecular formula is C15H12BrF4N. The molecule has 21 heavy (non-hydrogen) atoms. The van der Waals surface area contributed by atoms with Crippen LogP contribution in [0.5, 0.6) is 0 Å². The first-order valence-electron chi connectivity index (χ1n) is 6.18. The summed E-state index contributed by atoms with van der Waals surface area (Å²) in [5.74, 6) is -3.28. The lowest BCUT2D eigenvalue weighted by Crippen LogP contribution is -2.22. The molecule has 0 aromatic heterocycles. The monoisotopic (exact) mass is 361 g/mol. The lowest BCUT2D eigenvalue weighted by atomic mass is 9.98. The molecule has 0 aliphatic rings. The van der Waals surface area contributed by atoms with Crippen molar-refractivity contribution in [2.45, 2.75) is 12.5 Å². The Hall–Kier alpha value is -1.40. The molecule has 0 aliphatic heterocycles. The maximum Gasteiger partial charge on any atom is 0.133 e. The van der Waals surface area contributed by atoms with Crippen LogP contribution in [0.3, 0.4) is 0 Å². The maximum atomic E-state index is 13.8. The summed E-state index contributed by atoms with van der Waals surface area (Å²) in [5, 5.41) is 2.79. The van der Waals surface area contributed by atoms with Crippen LogP contribution >= 0.6 is 15.9 Å². The number of hydrogen-bond acceptors (Lipinski definition) is 1. The van der Waals surface area contributed by atoms with E-state index in [0.29, 0.717) is 22.2 Å². The molecule has 0 fully saturated rings. The standard InChI is InChI=1S/C15H12BrF4N/c1-21-14(4-8-2-3-9(17)5-11(8)16)15-12(19)6-10(18)7-13(15)20/h2-3,5-7,14,21H,4H2,1H3. The van der Waals surface area contributed by atoms with E-state index in [1.165, 1.54) is 18.2 Å². The van der Waals surface area contributed by atoms with Gasteiger partial charge in [0.2, 0.25) is 0 Å². The Kier molecular flexibility index (Phi) is 5.00. The van der Waals surface area contributed by atoms with Gasteiger partial charge < -0.3 is 5.32 Å². The van der Waals surface area contributed by atoms with Crippen molar-refractivity contribution in [2.24, 2.45) is 0 Å². The van der Waals surface area contributed by atoms with Crippen molar-refractivity contribution in [3.8, 4) is 0 Å². The summed E-state index contributed by atoms with van der Waals surface area (Å²) in [6.45, 7) is 0. The summed E-state index contributed by atoms with van der Waals surface area (Å²) in [7, 11) is 1.55. The third-order valence-electron chi connectivity index (χ3n) is 3.18. The van der Waals surface area contributed by atoms with E-state index in [-0.39, 0.29) is 12.0 Å². The van der Waals surface area contributed by atoms with Gasteiger partial charge in [-0.15, -0.1) is 0 Å². The van der Waals surface area contributed by atoms with Gasteiger partial charge in [0, 0.05) is 28.2 Å². The first kappa shape index (κ1) is 16.0. The average molecular weight is 362 g/mol. The van der Waals surface area contributed by atoms with Crippen LogP contribution in [-0.4, -0.2) is 7.05 Å². The number of nitrogens with one attached hydrogen (secondary N) is 1. The molecule has 112 valence electrons. The normalized spacial score (nSPS) is 12.5. The number of rotatable bonds is 4. The van der Waals surface area contributed by atoms with E-state index >= 15 is 0 Å². The van der Waals surface area contributed by atoms with Crippen molar-refractivity contribution in [1.29, 1.82) is 0 Å². The number of likely N-dealkylation sites (N-methyl/N-ethyl adjacent to an activating group) is 1. The Morgan fingerprint density at radius 2 is 1.62 bits per heavy atom. The van der Waals surface area contributed by atoms with Gasteiger partial charge in [-0.1, -0.05) is 22.0 Å². The number of benzene rings is 2. The van der Waals surface area contributed by atoms with Crippen LogP contribution in [0, 0.1) is 23.3 Å². The molecule has 2 rings (SSSR count). The third-order valence-corrected chi connectivity index (χ3v) is 3.92. The first-order valence-corrected chi connectivity index (χ1v) is 6.97. The zero-order valence-electron chi connectivity index (χ0n) is 11.1. The average Bonchev–Trinajstić information content (AvgIpc) is 2.39. The van der Waals surface area contributed by atoms with Gasteiger partial charge in [-0.3, -0.25) is 0 Å². The lowest BCUT2D eigenvalue weighted by Gasteiger charge is -2.19. The molecule has 0 aliphatic carbocycles. The maximum absolute atomic E-state index is 13.8. The van der Waals surface area contributed by atoms with Gasteiger partial charge in [0.25, 0.3) is 0 Å². The van der Waals surface area contributed by atoms with Crippen LogP contribution in [0.1, 0.15) is 17.2 Å². The molecule has 0 saturated carbocycles. The predicted octanol–water partition coefficient (Wildman–Crippen LogP) is 4.51. The molecule has 1 unspecified atom stereocenters. The van der Waals surface area contributed by atoms with Crippen LogP contribution in [0.25, 0.3) is 0 Å². The summed E-state index contributed by atoms with van der Waals surface area (Å²) in [6, 6.07) is 4.66. The quantitative estimate of drug-likeness (QED) is 0.790. The second-order valence-electron chi connectivity index (χ2n) is 4.56. The van der Waals surface area contributed by atoms with E-state index in [4.69, 9.17) is 0 Å². The second-order valence-corrected chi connectivity index (χ2v) is 5.42. The summed E-state index contributed by atoms with van der Waals surface area (Å²) in [4.78, 5) is 0. The molecule has 2 aromatic rings. The minimum Gasteiger partial charge on any atom is -0.313 e. The van der Waals surface area contributed by atoms with Gasteiger partial charge in [0.1, 0.15) is 23.3 Å². The summed E-state index contributed by atoms with van der Waals surface area (Å²) < 4.78 is 54.2. The van der Waals surface area contributed by atoms with Crippen LogP contribution in [-0.2, 0) is 6.42 Å². The Morgan fingerprint density at radius 3 is 2.14 bits per heavy atom. The SMILES string of the molecule is CNC(Cc1ccc(F)cc1Br)c1c(F)cc(F)cc1F. The van der Waals surface area contributed by atoms with Crippen LogP contribution in [0.4, 0.5) is 17.6 Å². The largest absolute Gasteiger partial charge is 0.313 e. The summed E-state index contributed by atoms with van der Waals surface area (Å²) in [6.07, 6.45) is 0.219. The summed E-state index contributed by atoms with van der Waals surface area (Å²) in [5.41, 5.74) is 0.439. The van der Waals surface area contributed by atoms with E-state index in [0.717, 1.165) is 0 Å². The highest BCUT2D eigenvalue weighted by atomic mass is 79.9. The van der Waals surface area contributed by atoms with Gasteiger partial charge in [0.05, 0.1) is 0 Å². The van der Waals surface area contributed by atoms with Crippen molar-refractivity contribution in [3.05, 3.63) is 69.2 Å². The Balaban J connectivity index is 2.37. The van der Waals surface area contributed by atoms with E-state index < -0.39 is 29.3 Å². The molecule has 0 amide bonds. The molecule has 6 heteroatoms. The van der Waals surface area contributed by atoms with Crippen molar-refractivity contribution in [3.63, 3.8) is 0 Å². The highest BCUT2D eigenvalue weighted by molar-refractivity contribution is 9.10. The molecule has 0 heterocycles. The fraction of sp³-hybridized carbons (Fsp3) is 0.200. The van der Waals surface area contributed by atoms with Crippen LogP contribution in [0.15, 0.2) is 34.8 Å². The minimum atomic E-state index is -0.966. The molecule has 0 saturated heterocycles. The van der Waals surface area contributed by atoms with Gasteiger partial charge in [0.15, 0.2) is 0 Å². The Labute approximate surface area is 128 Å². The Morgan fingerprint density at radius 1 is 1.00 bits per heavy atom. The van der Waals surface area contributed by atoms with E-state index in [1.54, 1.807) is 7.05 Å². The number of halogens is 5. The van der Waals surface area contributed by atoms with E-state index in [9.17, 15) is 17.6 Å². The molecule has 1 N–H and O–H groups in total. The lowest BCUT2D eigenvalue weighted by molar-refractivity contribution is 0.474. The topological polar surface area (TPSA) is 12.0 Å². The fourth-order valence-corrected chi connectivity index (χ4v) is 2.65. The number of hydrogen-bond donors (Lipinski definition) is 1. The second kappa shape index (κ2) is 6.58. The van der Waals surface area contributed by atoms with Gasteiger partial charge in [-0.25, -0.2) is 17.6 Å².